The van der Waals surface area contributed by atoms with Gasteiger partial charge >= 0.3 is 0 Å². The Labute approximate surface area is 108 Å². The van der Waals surface area contributed by atoms with Gasteiger partial charge in [-0.1, -0.05) is 28.1 Å². The zero-order valence-corrected chi connectivity index (χ0v) is 11.3. The fourth-order valence-corrected chi connectivity index (χ4v) is 2.89. The predicted molar refractivity (Wildman–Crippen MR) is 74.0 cm³/mol. The van der Waals surface area contributed by atoms with Crippen LogP contribution in [0.3, 0.4) is 0 Å². The minimum Gasteiger partial charge on any atom is -0.330 e. The number of benzene rings is 1. The van der Waals surface area contributed by atoms with Crippen molar-refractivity contribution in [3.8, 4) is 0 Å². The molecule has 0 fully saturated rings. The van der Waals surface area contributed by atoms with Crippen LogP contribution in [-0.4, -0.2) is 6.54 Å². The first-order valence-corrected chi connectivity index (χ1v) is 7.00. The summed E-state index contributed by atoms with van der Waals surface area (Å²) in [7, 11) is 0. The van der Waals surface area contributed by atoms with Crippen LogP contribution in [0.4, 0.5) is 0 Å². The van der Waals surface area contributed by atoms with Crippen molar-refractivity contribution in [3.63, 3.8) is 0 Å². The Morgan fingerprint density at radius 3 is 2.81 bits per heavy atom. The van der Waals surface area contributed by atoms with E-state index in [-0.39, 0.29) is 0 Å². The molecule has 0 amide bonds. The first-order valence-electron chi connectivity index (χ1n) is 5.26. The highest BCUT2D eigenvalue weighted by molar-refractivity contribution is 9.10. The number of nitrogens with two attached hydrogens (primary N) is 1. The van der Waals surface area contributed by atoms with Gasteiger partial charge in [-0.05, 0) is 53.1 Å². The van der Waals surface area contributed by atoms with Gasteiger partial charge in [0.05, 0.1) is 0 Å². The minimum absolute atomic E-state index is 0.409. The van der Waals surface area contributed by atoms with E-state index >= 15 is 0 Å². The summed E-state index contributed by atoms with van der Waals surface area (Å²) in [4.78, 5) is 0. The maximum absolute atomic E-state index is 5.86. The van der Waals surface area contributed by atoms with Crippen molar-refractivity contribution >= 4 is 27.3 Å². The first kappa shape index (κ1) is 11.8. The SMILES string of the molecule is NCC(Cc1ccsc1)c1cccc(Br)c1. The van der Waals surface area contributed by atoms with E-state index in [4.69, 9.17) is 5.73 Å². The minimum atomic E-state index is 0.409. The molecule has 2 rings (SSSR count). The monoisotopic (exact) mass is 295 g/mol. The van der Waals surface area contributed by atoms with E-state index in [1.165, 1.54) is 11.1 Å². The molecular weight excluding hydrogens is 282 g/mol. The zero-order valence-electron chi connectivity index (χ0n) is 8.90. The summed E-state index contributed by atoms with van der Waals surface area (Å²) in [6, 6.07) is 10.6. The Kier molecular flexibility index (Phi) is 4.16. The van der Waals surface area contributed by atoms with Gasteiger partial charge in [0.15, 0.2) is 0 Å². The lowest BCUT2D eigenvalue weighted by molar-refractivity contribution is 0.695. The normalized spacial score (nSPS) is 12.6. The van der Waals surface area contributed by atoms with Crippen LogP contribution in [0, 0.1) is 0 Å². The van der Waals surface area contributed by atoms with Crippen LogP contribution in [0.25, 0.3) is 0 Å². The molecule has 1 nitrogen and oxygen atoms in total. The van der Waals surface area contributed by atoms with Crippen LogP contribution in [0.5, 0.6) is 0 Å². The number of rotatable bonds is 4. The Bertz CT molecular complexity index is 439. The highest BCUT2D eigenvalue weighted by atomic mass is 79.9. The fourth-order valence-electron chi connectivity index (χ4n) is 1.79. The van der Waals surface area contributed by atoms with E-state index in [1.54, 1.807) is 11.3 Å². The van der Waals surface area contributed by atoms with Crippen LogP contribution in [0.15, 0.2) is 45.6 Å². The van der Waals surface area contributed by atoms with Crippen LogP contribution >= 0.6 is 27.3 Å². The van der Waals surface area contributed by atoms with E-state index in [1.807, 2.05) is 6.07 Å². The van der Waals surface area contributed by atoms with Crippen molar-refractivity contribution in [1.29, 1.82) is 0 Å². The standard InChI is InChI=1S/C13H14BrNS/c14-13-3-1-2-11(7-13)12(8-15)6-10-4-5-16-9-10/h1-5,7,9,12H,6,8,15H2. The summed E-state index contributed by atoms with van der Waals surface area (Å²) in [6.07, 6.45) is 1.02. The van der Waals surface area contributed by atoms with E-state index in [9.17, 15) is 0 Å². The van der Waals surface area contributed by atoms with Gasteiger partial charge in [-0.3, -0.25) is 0 Å². The molecule has 2 aromatic rings. The van der Waals surface area contributed by atoms with Crippen molar-refractivity contribution < 1.29 is 0 Å². The van der Waals surface area contributed by atoms with Gasteiger partial charge in [0.25, 0.3) is 0 Å². The average Bonchev–Trinajstić information content (AvgIpc) is 2.78. The number of hydrogen-bond donors (Lipinski definition) is 1. The molecule has 1 atom stereocenters. The molecule has 1 aromatic heterocycles. The average molecular weight is 296 g/mol. The van der Waals surface area contributed by atoms with E-state index in [2.05, 4.69) is 51.0 Å². The first-order chi connectivity index (χ1) is 7.79. The Balaban J connectivity index is 2.16. The quantitative estimate of drug-likeness (QED) is 0.912. The molecule has 0 bridgehead atoms. The highest BCUT2D eigenvalue weighted by Gasteiger charge is 2.11. The van der Waals surface area contributed by atoms with Crippen molar-refractivity contribution in [2.45, 2.75) is 12.3 Å². The van der Waals surface area contributed by atoms with Crippen LogP contribution in [0.2, 0.25) is 0 Å². The molecule has 0 radical (unpaired) electrons. The summed E-state index contributed by atoms with van der Waals surface area (Å²) in [5, 5.41) is 4.31. The molecular formula is C13H14BrNS. The van der Waals surface area contributed by atoms with Crippen molar-refractivity contribution in [2.24, 2.45) is 5.73 Å². The van der Waals surface area contributed by atoms with Crippen molar-refractivity contribution in [3.05, 3.63) is 56.7 Å². The van der Waals surface area contributed by atoms with Gasteiger partial charge < -0.3 is 5.73 Å². The highest BCUT2D eigenvalue weighted by Crippen LogP contribution is 2.23. The Morgan fingerprint density at radius 1 is 1.31 bits per heavy atom. The predicted octanol–water partition coefficient (Wildman–Crippen LogP) is 3.80. The van der Waals surface area contributed by atoms with E-state index < -0.39 is 0 Å². The molecule has 0 saturated heterocycles. The van der Waals surface area contributed by atoms with Gasteiger partial charge in [-0.25, -0.2) is 0 Å². The molecule has 3 heteroatoms. The second-order valence-electron chi connectivity index (χ2n) is 3.82. The smallest absolute Gasteiger partial charge is 0.0178 e. The molecule has 84 valence electrons. The summed E-state index contributed by atoms with van der Waals surface area (Å²) in [5.41, 5.74) is 8.54. The van der Waals surface area contributed by atoms with Crippen molar-refractivity contribution in [1.82, 2.24) is 0 Å². The summed E-state index contributed by atoms with van der Waals surface area (Å²) >= 11 is 5.24. The second-order valence-corrected chi connectivity index (χ2v) is 5.52. The second kappa shape index (κ2) is 5.62. The van der Waals surface area contributed by atoms with E-state index in [0.717, 1.165) is 10.9 Å². The Morgan fingerprint density at radius 2 is 2.19 bits per heavy atom. The summed E-state index contributed by atoms with van der Waals surface area (Å²) in [5.74, 6) is 0.409. The number of halogens is 1. The maximum Gasteiger partial charge on any atom is 0.0178 e. The van der Waals surface area contributed by atoms with E-state index in [0.29, 0.717) is 12.5 Å². The lowest BCUT2D eigenvalue weighted by atomic mass is 9.93. The number of hydrogen-bond acceptors (Lipinski definition) is 2. The molecule has 1 aromatic carbocycles. The molecule has 16 heavy (non-hydrogen) atoms. The van der Waals surface area contributed by atoms with Crippen molar-refractivity contribution in [2.75, 3.05) is 6.54 Å². The molecule has 0 saturated carbocycles. The topological polar surface area (TPSA) is 26.0 Å². The molecule has 0 aliphatic heterocycles. The molecule has 0 spiro atoms. The molecule has 2 N–H and O–H groups in total. The summed E-state index contributed by atoms with van der Waals surface area (Å²) in [6.45, 7) is 0.687. The fraction of sp³-hybridized carbons (Fsp3) is 0.231. The lowest BCUT2D eigenvalue weighted by Gasteiger charge is -2.14. The maximum atomic E-state index is 5.86. The van der Waals surface area contributed by atoms with Gasteiger partial charge in [0.1, 0.15) is 0 Å². The van der Waals surface area contributed by atoms with Gasteiger partial charge in [-0.15, -0.1) is 0 Å². The van der Waals surface area contributed by atoms with Crippen LogP contribution in [-0.2, 0) is 6.42 Å². The number of thiophene rings is 1. The molecule has 1 unspecified atom stereocenters. The third-order valence-electron chi connectivity index (χ3n) is 2.67. The van der Waals surface area contributed by atoms with Gasteiger partial charge in [-0.2, -0.15) is 11.3 Å². The third kappa shape index (κ3) is 2.94. The largest absolute Gasteiger partial charge is 0.330 e. The Hall–Kier alpha value is -0.640. The van der Waals surface area contributed by atoms with Crippen LogP contribution < -0.4 is 5.73 Å². The summed E-state index contributed by atoms with van der Waals surface area (Å²) < 4.78 is 1.12. The van der Waals surface area contributed by atoms with Gasteiger partial charge in [0, 0.05) is 10.4 Å². The zero-order chi connectivity index (χ0) is 11.4. The lowest BCUT2D eigenvalue weighted by Crippen LogP contribution is -2.14. The molecule has 0 aliphatic carbocycles. The van der Waals surface area contributed by atoms with Gasteiger partial charge in [0.2, 0.25) is 0 Å². The third-order valence-corrected chi connectivity index (χ3v) is 3.89. The van der Waals surface area contributed by atoms with Crippen LogP contribution in [0.1, 0.15) is 17.0 Å². The molecule has 0 aliphatic rings. The molecule has 1 heterocycles.